The SMILES string of the molecule is Cc1ccccc1OCCOc1ccc(/C=C2\C(=N)N3N=C(CC(C)C)SC3=NC2=O)cc1. The van der Waals surface area contributed by atoms with E-state index in [1.807, 2.05) is 55.5 Å². The van der Waals surface area contributed by atoms with Crippen LogP contribution >= 0.6 is 11.8 Å². The third kappa shape index (κ3) is 5.51. The van der Waals surface area contributed by atoms with Crippen molar-refractivity contribution >= 4 is 39.8 Å². The number of amidine groups is 2. The number of aryl methyl sites for hydroxylation is 1. The van der Waals surface area contributed by atoms with Gasteiger partial charge in [-0.25, -0.2) is 0 Å². The molecule has 1 amide bonds. The first kappa shape index (κ1) is 22.8. The van der Waals surface area contributed by atoms with Crippen molar-refractivity contribution < 1.29 is 14.3 Å². The van der Waals surface area contributed by atoms with Gasteiger partial charge in [-0.3, -0.25) is 10.2 Å². The smallest absolute Gasteiger partial charge is 0.283 e. The van der Waals surface area contributed by atoms with E-state index in [0.29, 0.717) is 30.0 Å². The Bertz CT molecular complexity index is 1150. The monoisotopic (exact) mass is 462 g/mol. The van der Waals surface area contributed by atoms with E-state index in [1.165, 1.54) is 16.8 Å². The van der Waals surface area contributed by atoms with Crippen molar-refractivity contribution in [1.82, 2.24) is 5.01 Å². The maximum absolute atomic E-state index is 12.5. The lowest BCUT2D eigenvalue weighted by Crippen LogP contribution is -2.35. The molecule has 0 aliphatic carbocycles. The van der Waals surface area contributed by atoms with E-state index in [0.717, 1.165) is 28.3 Å². The predicted molar refractivity (Wildman–Crippen MR) is 133 cm³/mol. The molecular weight excluding hydrogens is 436 g/mol. The van der Waals surface area contributed by atoms with Crippen molar-refractivity contribution in [2.75, 3.05) is 13.2 Å². The van der Waals surface area contributed by atoms with Gasteiger partial charge in [0.15, 0.2) is 5.84 Å². The molecule has 0 bridgehead atoms. The molecule has 0 unspecified atom stereocenters. The number of fused-ring (bicyclic) bond motifs is 1. The van der Waals surface area contributed by atoms with Gasteiger partial charge >= 0.3 is 0 Å². The fourth-order valence-corrected chi connectivity index (χ4v) is 4.42. The van der Waals surface area contributed by atoms with Gasteiger partial charge in [0.1, 0.15) is 29.8 Å². The zero-order valence-electron chi connectivity index (χ0n) is 18.9. The molecule has 2 aliphatic heterocycles. The topological polar surface area (TPSA) is 87.3 Å². The predicted octanol–water partition coefficient (Wildman–Crippen LogP) is 5.12. The number of carbonyl (C=O) groups excluding carboxylic acids is 1. The third-order valence-corrected chi connectivity index (χ3v) is 5.90. The fraction of sp³-hybridized carbons (Fsp3) is 0.280. The van der Waals surface area contributed by atoms with Crippen LogP contribution in [0.4, 0.5) is 0 Å². The normalized spacial score (nSPS) is 16.7. The summed E-state index contributed by atoms with van der Waals surface area (Å²) in [6.07, 6.45) is 2.45. The number of hydrazone groups is 1. The molecule has 2 aliphatic rings. The molecule has 4 rings (SSSR count). The van der Waals surface area contributed by atoms with Crippen LogP contribution in [-0.2, 0) is 4.79 Å². The molecule has 2 heterocycles. The van der Waals surface area contributed by atoms with Gasteiger partial charge < -0.3 is 9.47 Å². The Balaban J connectivity index is 1.36. The van der Waals surface area contributed by atoms with Crippen molar-refractivity contribution in [3.8, 4) is 11.5 Å². The van der Waals surface area contributed by atoms with Gasteiger partial charge in [0.05, 0.1) is 5.57 Å². The molecule has 1 N–H and O–H groups in total. The largest absolute Gasteiger partial charge is 0.490 e. The lowest BCUT2D eigenvalue weighted by atomic mass is 10.1. The third-order valence-electron chi connectivity index (χ3n) is 4.97. The standard InChI is InChI=1S/C25H26N4O3S/c1-16(2)14-22-28-29-23(26)20(24(30)27-25(29)33-22)15-18-8-10-19(11-9-18)31-12-13-32-21-7-5-4-6-17(21)3/h4-11,15-16,26H,12-14H2,1-3H3/b20-15+,26-23?. The number of aliphatic imine (C=N–C) groups is 1. The van der Waals surface area contributed by atoms with Crippen molar-refractivity contribution in [1.29, 1.82) is 5.41 Å². The minimum atomic E-state index is -0.423. The Hall–Kier alpha value is -3.39. The Kier molecular flexibility index (Phi) is 6.93. The number of benzene rings is 2. The summed E-state index contributed by atoms with van der Waals surface area (Å²) in [5.41, 5.74) is 2.08. The van der Waals surface area contributed by atoms with Crippen LogP contribution in [0.3, 0.4) is 0 Å². The Morgan fingerprint density at radius 3 is 2.55 bits per heavy atom. The lowest BCUT2D eigenvalue weighted by Gasteiger charge is -2.20. The second-order valence-electron chi connectivity index (χ2n) is 8.14. The number of hydrogen-bond donors (Lipinski definition) is 1. The first-order chi connectivity index (χ1) is 15.9. The molecular formula is C25H26N4O3S. The average Bonchev–Trinajstić information content (AvgIpc) is 3.18. The van der Waals surface area contributed by atoms with E-state index < -0.39 is 5.91 Å². The van der Waals surface area contributed by atoms with E-state index in [-0.39, 0.29) is 11.4 Å². The fourth-order valence-electron chi connectivity index (χ4n) is 3.32. The molecule has 0 radical (unpaired) electrons. The van der Waals surface area contributed by atoms with Gasteiger partial charge in [0, 0.05) is 6.42 Å². The molecule has 0 fully saturated rings. The second kappa shape index (κ2) is 10.0. The summed E-state index contributed by atoms with van der Waals surface area (Å²) < 4.78 is 11.5. The molecule has 0 saturated carbocycles. The summed E-state index contributed by atoms with van der Waals surface area (Å²) in [5.74, 6) is 1.62. The van der Waals surface area contributed by atoms with E-state index in [9.17, 15) is 4.79 Å². The number of thioether (sulfide) groups is 1. The number of rotatable bonds is 8. The number of hydrogen-bond acceptors (Lipinski definition) is 6. The average molecular weight is 463 g/mol. The summed E-state index contributed by atoms with van der Waals surface area (Å²) in [6, 6.07) is 15.2. The lowest BCUT2D eigenvalue weighted by molar-refractivity contribution is -0.114. The second-order valence-corrected chi connectivity index (χ2v) is 9.18. The maximum atomic E-state index is 12.5. The summed E-state index contributed by atoms with van der Waals surface area (Å²) >= 11 is 1.36. The van der Waals surface area contributed by atoms with Gasteiger partial charge in [-0.15, -0.1) is 0 Å². The highest BCUT2D eigenvalue weighted by atomic mass is 32.2. The van der Waals surface area contributed by atoms with E-state index >= 15 is 0 Å². The summed E-state index contributed by atoms with van der Waals surface area (Å²) in [6.45, 7) is 7.07. The number of ether oxygens (including phenoxy) is 2. The summed E-state index contributed by atoms with van der Waals surface area (Å²) in [4.78, 5) is 16.7. The summed E-state index contributed by atoms with van der Waals surface area (Å²) in [7, 11) is 0. The number of nitrogens with one attached hydrogen (secondary N) is 1. The first-order valence-electron chi connectivity index (χ1n) is 10.8. The van der Waals surface area contributed by atoms with Gasteiger partial charge in [-0.05, 0) is 60.0 Å². The van der Waals surface area contributed by atoms with Crippen LogP contribution in [0.5, 0.6) is 11.5 Å². The van der Waals surface area contributed by atoms with Gasteiger partial charge in [-0.2, -0.15) is 15.1 Å². The van der Waals surface area contributed by atoms with Gasteiger partial charge in [0.25, 0.3) is 5.91 Å². The molecule has 0 aromatic heterocycles. The Labute approximate surface area is 197 Å². The first-order valence-corrected chi connectivity index (χ1v) is 11.6. The Morgan fingerprint density at radius 1 is 1.09 bits per heavy atom. The van der Waals surface area contributed by atoms with E-state index in [1.54, 1.807) is 6.08 Å². The molecule has 0 spiro atoms. The molecule has 170 valence electrons. The highest BCUT2D eigenvalue weighted by molar-refractivity contribution is 8.26. The zero-order chi connectivity index (χ0) is 23.4. The van der Waals surface area contributed by atoms with Crippen LogP contribution in [0.2, 0.25) is 0 Å². The van der Waals surface area contributed by atoms with Crippen LogP contribution in [0.1, 0.15) is 31.4 Å². The van der Waals surface area contributed by atoms with Crippen LogP contribution in [0, 0.1) is 18.3 Å². The molecule has 0 saturated heterocycles. The van der Waals surface area contributed by atoms with Crippen molar-refractivity contribution in [3.63, 3.8) is 0 Å². The van der Waals surface area contributed by atoms with E-state index in [4.69, 9.17) is 14.9 Å². The molecule has 0 atom stereocenters. The summed E-state index contributed by atoms with van der Waals surface area (Å²) in [5, 5.41) is 15.7. The molecule has 2 aromatic rings. The minimum absolute atomic E-state index is 0.0462. The quantitative estimate of drug-likeness (QED) is 0.435. The van der Waals surface area contributed by atoms with Crippen molar-refractivity contribution in [2.45, 2.75) is 27.2 Å². The molecule has 7 nitrogen and oxygen atoms in total. The Morgan fingerprint density at radius 2 is 1.82 bits per heavy atom. The number of nitrogens with zero attached hydrogens (tertiary/aromatic N) is 3. The molecule has 33 heavy (non-hydrogen) atoms. The zero-order valence-corrected chi connectivity index (χ0v) is 19.7. The maximum Gasteiger partial charge on any atom is 0.283 e. The minimum Gasteiger partial charge on any atom is -0.490 e. The molecule has 2 aromatic carbocycles. The van der Waals surface area contributed by atoms with Crippen molar-refractivity contribution in [3.05, 3.63) is 65.2 Å². The number of carbonyl (C=O) groups is 1. The highest BCUT2D eigenvalue weighted by Gasteiger charge is 2.35. The number of amides is 1. The van der Waals surface area contributed by atoms with Crippen LogP contribution in [0.15, 0.2) is 64.2 Å². The van der Waals surface area contributed by atoms with Crippen LogP contribution in [0.25, 0.3) is 6.08 Å². The number of para-hydroxylation sites is 1. The van der Waals surface area contributed by atoms with E-state index in [2.05, 4.69) is 23.9 Å². The molecule has 8 heteroatoms. The highest BCUT2D eigenvalue weighted by Crippen LogP contribution is 2.30. The van der Waals surface area contributed by atoms with Crippen LogP contribution < -0.4 is 9.47 Å². The van der Waals surface area contributed by atoms with Crippen molar-refractivity contribution in [2.24, 2.45) is 16.0 Å². The van der Waals surface area contributed by atoms with Gasteiger partial charge in [0.2, 0.25) is 5.17 Å². The van der Waals surface area contributed by atoms with Crippen LogP contribution in [-0.4, -0.2) is 40.2 Å². The van der Waals surface area contributed by atoms with Gasteiger partial charge in [-0.1, -0.05) is 44.2 Å².